The molecule has 1 aromatic rings. The summed E-state index contributed by atoms with van der Waals surface area (Å²) in [5, 5.41) is 12.8. The summed E-state index contributed by atoms with van der Waals surface area (Å²) < 4.78 is 0.977. The smallest absolute Gasteiger partial charge is 0.101 e. The zero-order chi connectivity index (χ0) is 13.9. The average Bonchev–Trinajstić information content (AvgIpc) is 2.42. The first kappa shape index (κ1) is 14.4. The van der Waals surface area contributed by atoms with E-state index in [1.165, 1.54) is 19.3 Å². The fourth-order valence-corrected chi connectivity index (χ4v) is 3.30. The Balaban J connectivity index is 2.32. The van der Waals surface area contributed by atoms with Gasteiger partial charge in [0, 0.05) is 11.0 Å². The third kappa shape index (κ3) is 2.93. The van der Waals surface area contributed by atoms with Crippen molar-refractivity contribution in [2.75, 3.05) is 11.9 Å². The van der Waals surface area contributed by atoms with E-state index in [1.54, 1.807) is 0 Å². The second kappa shape index (κ2) is 5.94. The topological polar surface area (TPSA) is 61.8 Å². The molecule has 3 nitrogen and oxygen atoms in total. The van der Waals surface area contributed by atoms with Crippen LogP contribution in [-0.4, -0.2) is 12.1 Å². The van der Waals surface area contributed by atoms with E-state index in [0.717, 1.165) is 16.6 Å². The van der Waals surface area contributed by atoms with Gasteiger partial charge in [-0.25, -0.2) is 0 Å². The molecule has 0 heterocycles. The van der Waals surface area contributed by atoms with Crippen molar-refractivity contribution in [2.24, 2.45) is 11.7 Å². The van der Waals surface area contributed by atoms with Crippen molar-refractivity contribution in [1.82, 2.24) is 0 Å². The van der Waals surface area contributed by atoms with E-state index in [0.29, 0.717) is 18.0 Å². The van der Waals surface area contributed by atoms with E-state index in [2.05, 4.69) is 34.2 Å². The van der Waals surface area contributed by atoms with Crippen LogP contribution in [0.15, 0.2) is 22.7 Å². The third-order valence-electron chi connectivity index (χ3n) is 4.30. The molecule has 1 saturated carbocycles. The number of anilines is 1. The molecule has 102 valence electrons. The molecule has 1 aliphatic carbocycles. The Kier molecular flexibility index (Phi) is 4.49. The zero-order valence-corrected chi connectivity index (χ0v) is 12.8. The maximum absolute atomic E-state index is 9.22. The summed E-state index contributed by atoms with van der Waals surface area (Å²) in [7, 11) is 0. The summed E-state index contributed by atoms with van der Waals surface area (Å²) >= 11 is 3.46. The van der Waals surface area contributed by atoms with Gasteiger partial charge in [0.2, 0.25) is 0 Å². The summed E-state index contributed by atoms with van der Waals surface area (Å²) in [6.07, 6.45) is 4.74. The van der Waals surface area contributed by atoms with Crippen LogP contribution in [0.3, 0.4) is 0 Å². The van der Waals surface area contributed by atoms with Gasteiger partial charge >= 0.3 is 0 Å². The summed E-state index contributed by atoms with van der Waals surface area (Å²) in [5.74, 6) is 0.525. The fraction of sp³-hybridized carbons (Fsp3) is 0.533. The Morgan fingerprint density at radius 3 is 2.95 bits per heavy atom. The lowest BCUT2D eigenvalue weighted by molar-refractivity contribution is 0.235. The van der Waals surface area contributed by atoms with Gasteiger partial charge in [0.05, 0.1) is 16.8 Å². The molecule has 1 aliphatic rings. The van der Waals surface area contributed by atoms with Crippen molar-refractivity contribution in [3.05, 3.63) is 28.2 Å². The maximum atomic E-state index is 9.22. The van der Waals surface area contributed by atoms with Crippen molar-refractivity contribution < 1.29 is 0 Å². The van der Waals surface area contributed by atoms with Crippen LogP contribution in [0.5, 0.6) is 0 Å². The van der Waals surface area contributed by atoms with Crippen molar-refractivity contribution >= 4 is 21.6 Å². The normalized spacial score (nSPS) is 26.7. The highest BCUT2D eigenvalue weighted by molar-refractivity contribution is 9.10. The van der Waals surface area contributed by atoms with Gasteiger partial charge in [0.15, 0.2) is 0 Å². The summed E-state index contributed by atoms with van der Waals surface area (Å²) in [4.78, 5) is 0. The molecule has 0 spiro atoms. The maximum Gasteiger partial charge on any atom is 0.101 e. The monoisotopic (exact) mass is 321 g/mol. The zero-order valence-electron chi connectivity index (χ0n) is 11.2. The number of hydrogen-bond donors (Lipinski definition) is 2. The molecule has 2 unspecified atom stereocenters. The van der Waals surface area contributed by atoms with Crippen molar-refractivity contribution in [1.29, 1.82) is 5.26 Å². The first-order chi connectivity index (χ1) is 9.11. The fourth-order valence-electron chi connectivity index (χ4n) is 2.94. The molecule has 0 radical (unpaired) electrons. The van der Waals surface area contributed by atoms with E-state index < -0.39 is 0 Å². The second-order valence-electron chi connectivity index (χ2n) is 5.43. The van der Waals surface area contributed by atoms with Crippen LogP contribution in [0.1, 0.15) is 38.2 Å². The number of rotatable bonds is 3. The predicted octanol–water partition coefficient (Wildman–Crippen LogP) is 3.64. The van der Waals surface area contributed by atoms with E-state index in [9.17, 15) is 5.26 Å². The van der Waals surface area contributed by atoms with Gasteiger partial charge < -0.3 is 11.1 Å². The van der Waals surface area contributed by atoms with Gasteiger partial charge in [-0.3, -0.25) is 0 Å². The number of nitrogens with one attached hydrogen (secondary N) is 1. The van der Waals surface area contributed by atoms with Crippen LogP contribution in [0.2, 0.25) is 0 Å². The molecule has 1 fully saturated rings. The van der Waals surface area contributed by atoms with Gasteiger partial charge in [-0.1, -0.05) is 35.7 Å². The third-order valence-corrected chi connectivity index (χ3v) is 4.80. The first-order valence-corrected chi connectivity index (χ1v) is 7.58. The van der Waals surface area contributed by atoms with Crippen molar-refractivity contribution in [3.8, 4) is 6.07 Å². The van der Waals surface area contributed by atoms with E-state index in [1.807, 2.05) is 18.2 Å². The number of nitrogens with zero attached hydrogens (tertiary/aromatic N) is 1. The Hall–Kier alpha value is -1.05. The minimum Gasteiger partial charge on any atom is -0.377 e. The van der Waals surface area contributed by atoms with Crippen LogP contribution in [0.25, 0.3) is 0 Å². The molecule has 0 aliphatic heterocycles. The summed E-state index contributed by atoms with van der Waals surface area (Å²) in [5.41, 5.74) is 7.53. The van der Waals surface area contributed by atoms with Gasteiger partial charge in [-0.2, -0.15) is 5.26 Å². The summed E-state index contributed by atoms with van der Waals surface area (Å²) in [6, 6.07) is 7.94. The predicted molar refractivity (Wildman–Crippen MR) is 81.9 cm³/mol. The molecule has 4 heteroatoms. The van der Waals surface area contributed by atoms with Gasteiger partial charge in [-0.05, 0) is 37.0 Å². The van der Waals surface area contributed by atoms with Crippen LogP contribution in [0.4, 0.5) is 5.69 Å². The lowest BCUT2D eigenvalue weighted by Crippen LogP contribution is -2.52. The largest absolute Gasteiger partial charge is 0.377 e. The van der Waals surface area contributed by atoms with E-state index in [-0.39, 0.29) is 5.54 Å². The molecular weight excluding hydrogens is 302 g/mol. The molecule has 19 heavy (non-hydrogen) atoms. The molecule has 0 saturated heterocycles. The van der Waals surface area contributed by atoms with Gasteiger partial charge in [-0.15, -0.1) is 0 Å². The number of nitrogens with two attached hydrogens (primary N) is 1. The van der Waals surface area contributed by atoms with Crippen LogP contribution in [-0.2, 0) is 0 Å². The Labute approximate surface area is 123 Å². The van der Waals surface area contributed by atoms with Crippen molar-refractivity contribution in [2.45, 2.75) is 38.1 Å². The molecule has 2 atom stereocenters. The molecule has 0 aromatic heterocycles. The van der Waals surface area contributed by atoms with Crippen molar-refractivity contribution in [3.63, 3.8) is 0 Å². The summed E-state index contributed by atoms with van der Waals surface area (Å²) in [6.45, 7) is 2.86. The van der Waals surface area contributed by atoms with Gasteiger partial charge in [0.25, 0.3) is 0 Å². The van der Waals surface area contributed by atoms with Crippen LogP contribution < -0.4 is 11.1 Å². The molecule has 0 bridgehead atoms. The Morgan fingerprint density at radius 1 is 1.53 bits per heavy atom. The van der Waals surface area contributed by atoms with E-state index in [4.69, 9.17) is 5.73 Å². The van der Waals surface area contributed by atoms with E-state index >= 15 is 0 Å². The molecule has 0 amide bonds. The Morgan fingerprint density at radius 2 is 2.32 bits per heavy atom. The minimum absolute atomic E-state index is 0.0787. The lowest BCUT2D eigenvalue weighted by atomic mass is 9.73. The first-order valence-electron chi connectivity index (χ1n) is 6.79. The highest BCUT2D eigenvalue weighted by atomic mass is 79.9. The van der Waals surface area contributed by atoms with Crippen LogP contribution >= 0.6 is 15.9 Å². The minimum atomic E-state index is -0.0787. The molecular formula is C15H20BrN3. The quantitative estimate of drug-likeness (QED) is 0.893. The highest BCUT2D eigenvalue weighted by Crippen LogP contribution is 2.37. The highest BCUT2D eigenvalue weighted by Gasteiger charge is 2.37. The molecule has 3 N–H and O–H groups in total. The van der Waals surface area contributed by atoms with Crippen LogP contribution in [0, 0.1) is 17.2 Å². The Bertz CT molecular complexity index is 495. The number of halogens is 1. The lowest BCUT2D eigenvalue weighted by Gasteiger charge is -2.43. The number of benzene rings is 1. The standard InChI is InChI=1S/C15H20BrN3/c1-11-4-2-3-7-15(11,10-18)19-14-8-13(16)6-5-12(14)9-17/h5-6,8,11,19H,2-4,7,10,18H2,1H3. The SMILES string of the molecule is CC1CCCCC1(CN)Nc1cc(Br)ccc1C#N. The molecule has 1 aromatic carbocycles. The second-order valence-corrected chi connectivity index (χ2v) is 6.35. The number of hydrogen-bond acceptors (Lipinski definition) is 3. The van der Waals surface area contributed by atoms with Gasteiger partial charge in [0.1, 0.15) is 6.07 Å². The molecule has 2 rings (SSSR count). The average molecular weight is 322 g/mol. The number of nitriles is 1.